The van der Waals surface area contributed by atoms with E-state index in [1.54, 1.807) is 6.08 Å². The molecule has 0 fully saturated rings. The number of H-pyrrole nitrogens is 1. The molecule has 0 bridgehead atoms. The maximum Gasteiger partial charge on any atom is 0.0897 e. The van der Waals surface area contributed by atoms with Crippen LogP contribution in [0.3, 0.4) is 0 Å². The number of nitrogens with zero attached hydrogens (tertiary/aromatic N) is 1. The van der Waals surface area contributed by atoms with Crippen LogP contribution in [0.15, 0.2) is 218 Å². The molecule has 0 saturated heterocycles. The van der Waals surface area contributed by atoms with Crippen LogP contribution >= 0.6 is 0 Å². The van der Waals surface area contributed by atoms with Crippen molar-refractivity contribution in [1.82, 2.24) is 9.55 Å². The number of nitrogens with one attached hydrogen (secondary N) is 1. The molecule has 2 heterocycles. The molecule has 0 aliphatic heterocycles. The van der Waals surface area contributed by atoms with Gasteiger partial charge in [0.25, 0.3) is 0 Å². The second-order valence-electron chi connectivity index (χ2n) is 12.8. The van der Waals surface area contributed by atoms with Crippen molar-refractivity contribution in [3.05, 3.63) is 218 Å². The van der Waals surface area contributed by atoms with Gasteiger partial charge in [0.1, 0.15) is 0 Å². The molecule has 0 spiro atoms. The van der Waals surface area contributed by atoms with E-state index in [-0.39, 0.29) is 0 Å². The standard InChI is InChI=1S/C39H28N2.C11H14.C2H6/c1-2-3-4-7-14-28-21-23-31(25-28)41-38-20-13-11-17-33(38)34-24-22-30(27-39(34)41)29-15-8-5-6-9-18-37-35(26-29)32-16-10-12-19-36(32)40-37;1-3-4-8-11-9-6-5-7-10(11)2;1-2/h2-24,26-27,40H,1H2;3-10H,1-2H3;1-2H3/b4-3-,6-5?,8-5?,9-6?,14-7?,15-8?,18-9?,29-15?,29-26?,35-26?,37-18?;4-3-,11-8-;. The number of hydrogen-bond acceptors (Lipinski definition) is 0. The van der Waals surface area contributed by atoms with E-state index in [1.807, 2.05) is 45.1 Å². The minimum Gasteiger partial charge on any atom is -0.355 e. The highest BCUT2D eigenvalue weighted by Crippen LogP contribution is 2.36. The van der Waals surface area contributed by atoms with E-state index in [0.29, 0.717) is 5.92 Å². The summed E-state index contributed by atoms with van der Waals surface area (Å²) in [6.07, 6.45) is 28.8. The predicted octanol–water partition coefficient (Wildman–Crippen LogP) is 14.7. The topological polar surface area (TPSA) is 20.7 Å². The van der Waals surface area contributed by atoms with Crippen molar-refractivity contribution in [2.75, 3.05) is 0 Å². The lowest BCUT2D eigenvalue weighted by Gasteiger charge is -2.09. The van der Waals surface area contributed by atoms with Gasteiger partial charge >= 0.3 is 0 Å². The highest BCUT2D eigenvalue weighted by molar-refractivity contribution is 6.12. The lowest BCUT2D eigenvalue weighted by molar-refractivity contribution is 0.883. The molecule has 266 valence electrons. The van der Waals surface area contributed by atoms with Crippen LogP contribution in [0.25, 0.3) is 60.4 Å². The highest BCUT2D eigenvalue weighted by atomic mass is 15.0. The summed E-state index contributed by atoms with van der Waals surface area (Å²) >= 11 is 0. The molecule has 2 aliphatic rings. The first-order valence-corrected chi connectivity index (χ1v) is 18.8. The zero-order chi connectivity index (χ0) is 37.7. The number of aromatic amines is 1. The van der Waals surface area contributed by atoms with Crippen molar-refractivity contribution in [1.29, 1.82) is 0 Å². The van der Waals surface area contributed by atoms with Gasteiger partial charge < -0.3 is 9.55 Å². The molecule has 1 N–H and O–H groups in total. The molecule has 2 aliphatic carbocycles. The SMILES string of the molecule is C/C=C\C=C1\C=CC=CC1C.C=C/C=C\C=CC1=C=C(n2c3ccccc3c3ccc(-c4ccccccc5[nH]c6ccccc6c5c4)cc32)C=C1.CC. The lowest BCUT2D eigenvalue weighted by atomic mass is 9.96. The molecule has 2 aromatic heterocycles. The molecule has 54 heavy (non-hydrogen) atoms. The fraction of sp³-hybridized carbons (Fsp3) is 0.0962. The monoisotopic (exact) mass is 700 g/mol. The van der Waals surface area contributed by atoms with Crippen LogP contribution < -0.4 is 0 Å². The Bertz CT molecular complexity index is 2650. The lowest BCUT2D eigenvalue weighted by Crippen LogP contribution is -1.94. The van der Waals surface area contributed by atoms with Gasteiger partial charge in [-0.3, -0.25) is 0 Å². The molecule has 0 radical (unpaired) electrons. The Morgan fingerprint density at radius 1 is 0.648 bits per heavy atom. The number of benzene rings is 3. The van der Waals surface area contributed by atoms with Gasteiger partial charge in [0.15, 0.2) is 0 Å². The van der Waals surface area contributed by atoms with Crippen molar-refractivity contribution >= 4 is 49.3 Å². The molecule has 2 heteroatoms. The van der Waals surface area contributed by atoms with Gasteiger partial charge in [0.2, 0.25) is 0 Å². The minimum absolute atomic E-state index is 0.566. The number of aromatic nitrogens is 2. The number of fused-ring (bicyclic) bond motifs is 6. The molecular formula is C52H48N2. The molecule has 0 amide bonds. The summed E-state index contributed by atoms with van der Waals surface area (Å²) in [4.78, 5) is 3.59. The zero-order valence-corrected chi connectivity index (χ0v) is 31.7. The Labute approximate surface area is 320 Å². The predicted molar refractivity (Wildman–Crippen MR) is 238 cm³/mol. The Kier molecular flexibility index (Phi) is 12.6. The van der Waals surface area contributed by atoms with E-state index in [9.17, 15) is 0 Å². The Balaban J connectivity index is 0.000000328. The van der Waals surface area contributed by atoms with Gasteiger partial charge in [-0.15, -0.1) is 0 Å². The van der Waals surface area contributed by atoms with E-state index in [1.165, 1.54) is 32.6 Å². The molecule has 6 aromatic rings. The van der Waals surface area contributed by atoms with Crippen molar-refractivity contribution in [2.24, 2.45) is 5.92 Å². The van der Waals surface area contributed by atoms with Crippen LogP contribution in [0.1, 0.15) is 27.7 Å². The summed E-state index contributed by atoms with van der Waals surface area (Å²) < 4.78 is 2.33. The Morgan fingerprint density at radius 3 is 2.15 bits per heavy atom. The van der Waals surface area contributed by atoms with Gasteiger partial charge in [0.05, 0.1) is 16.7 Å². The van der Waals surface area contributed by atoms with E-state index in [0.717, 1.165) is 38.9 Å². The third-order valence-corrected chi connectivity index (χ3v) is 9.33. The summed E-state index contributed by atoms with van der Waals surface area (Å²) in [5.74, 6) is 0.566. The Hall–Kier alpha value is -6.60. The molecule has 2 nitrogen and oxygen atoms in total. The number of para-hydroxylation sites is 2. The quantitative estimate of drug-likeness (QED) is 0.132. The summed E-state index contributed by atoms with van der Waals surface area (Å²) in [5.41, 5.74) is 13.9. The molecule has 4 aromatic carbocycles. The Morgan fingerprint density at radius 2 is 1.35 bits per heavy atom. The molecule has 0 saturated carbocycles. The van der Waals surface area contributed by atoms with Gasteiger partial charge in [0, 0.05) is 38.2 Å². The zero-order valence-electron chi connectivity index (χ0n) is 31.7. The molecular weight excluding hydrogens is 653 g/mol. The second-order valence-corrected chi connectivity index (χ2v) is 12.8. The largest absolute Gasteiger partial charge is 0.355 e. The van der Waals surface area contributed by atoms with Crippen molar-refractivity contribution in [3.8, 4) is 11.1 Å². The number of hydrogen-bond donors (Lipinski definition) is 1. The first kappa shape index (κ1) is 37.2. The van der Waals surface area contributed by atoms with Gasteiger partial charge in [-0.1, -0.05) is 179 Å². The number of allylic oxidation sites excluding steroid dienone is 16. The van der Waals surface area contributed by atoms with Crippen LogP contribution in [0.5, 0.6) is 0 Å². The summed E-state index contributed by atoms with van der Waals surface area (Å²) in [6, 6.07) is 38.9. The maximum absolute atomic E-state index is 3.73. The van der Waals surface area contributed by atoms with Crippen LogP contribution in [0.4, 0.5) is 0 Å². The fourth-order valence-electron chi connectivity index (χ4n) is 6.71. The average Bonchev–Trinajstić information content (AvgIpc) is 3.92. The van der Waals surface area contributed by atoms with Crippen LogP contribution in [-0.2, 0) is 0 Å². The van der Waals surface area contributed by atoms with Crippen molar-refractivity contribution in [3.63, 3.8) is 0 Å². The minimum atomic E-state index is 0.566. The summed E-state index contributed by atoms with van der Waals surface area (Å²) in [7, 11) is 0. The fourth-order valence-corrected chi connectivity index (χ4v) is 6.71. The first-order chi connectivity index (χ1) is 26.6. The van der Waals surface area contributed by atoms with E-state index in [4.69, 9.17) is 0 Å². The normalized spacial score (nSPS) is 15.6. The van der Waals surface area contributed by atoms with E-state index in [2.05, 4.69) is 193 Å². The first-order valence-electron chi connectivity index (χ1n) is 18.8. The average molecular weight is 701 g/mol. The van der Waals surface area contributed by atoms with E-state index < -0.39 is 0 Å². The van der Waals surface area contributed by atoms with Gasteiger partial charge in [-0.05, 0) is 78.1 Å². The van der Waals surface area contributed by atoms with Crippen LogP contribution in [0.2, 0.25) is 0 Å². The van der Waals surface area contributed by atoms with Crippen molar-refractivity contribution in [2.45, 2.75) is 27.7 Å². The van der Waals surface area contributed by atoms with Crippen molar-refractivity contribution < 1.29 is 0 Å². The molecule has 1 atom stereocenters. The molecule has 8 rings (SSSR count). The third kappa shape index (κ3) is 8.37. The van der Waals surface area contributed by atoms with Crippen LogP contribution in [-0.4, -0.2) is 9.55 Å². The van der Waals surface area contributed by atoms with Gasteiger partial charge in [-0.25, -0.2) is 0 Å². The summed E-state index contributed by atoms with van der Waals surface area (Å²) in [6.45, 7) is 12.0. The summed E-state index contributed by atoms with van der Waals surface area (Å²) in [5, 5.41) is 4.87. The van der Waals surface area contributed by atoms with E-state index >= 15 is 0 Å². The molecule has 1 unspecified atom stereocenters. The third-order valence-electron chi connectivity index (χ3n) is 9.33. The van der Waals surface area contributed by atoms with Gasteiger partial charge in [-0.2, -0.15) is 0 Å². The highest BCUT2D eigenvalue weighted by Gasteiger charge is 2.15. The smallest absolute Gasteiger partial charge is 0.0897 e. The number of rotatable bonds is 6. The van der Waals surface area contributed by atoms with Crippen LogP contribution in [0, 0.1) is 5.92 Å². The maximum atomic E-state index is 3.73. The second kappa shape index (κ2) is 18.2.